The number of rotatable bonds is 5. The van der Waals surface area contributed by atoms with E-state index in [9.17, 15) is 2.74 Å². The molecule has 0 spiro atoms. The minimum Gasteiger partial charge on any atom is -0.456 e. The van der Waals surface area contributed by atoms with Crippen LogP contribution >= 0.6 is 0 Å². The van der Waals surface area contributed by atoms with Crippen molar-refractivity contribution < 1.29 is 21.2 Å². The highest BCUT2D eigenvalue weighted by Gasteiger charge is 2.21. The van der Waals surface area contributed by atoms with Gasteiger partial charge in [-0.1, -0.05) is 164 Å². The van der Waals surface area contributed by atoms with Crippen LogP contribution in [0.1, 0.15) is 12.3 Å². The van der Waals surface area contributed by atoms with E-state index in [2.05, 4.69) is 48.5 Å². The van der Waals surface area contributed by atoms with Crippen LogP contribution in [0.3, 0.4) is 0 Å². The molecule has 0 aliphatic rings. The smallest absolute Gasteiger partial charge is 0.136 e. The summed E-state index contributed by atoms with van der Waals surface area (Å²) in [7, 11) is 0. The Kier molecular flexibility index (Phi) is 5.14. The van der Waals surface area contributed by atoms with Gasteiger partial charge in [-0.15, -0.1) is 0 Å². The Bertz CT molecular complexity index is 3690. The summed E-state index contributed by atoms with van der Waals surface area (Å²) < 4.78 is 92.5. The third-order valence-electron chi connectivity index (χ3n) is 10.3. The number of hydrogen-bond acceptors (Lipinski definition) is 2. The third kappa shape index (κ3) is 4.81. The lowest BCUT2D eigenvalue weighted by molar-refractivity contribution is 0.631. The van der Waals surface area contributed by atoms with Crippen molar-refractivity contribution in [1.29, 1.82) is 0 Å². The summed E-state index contributed by atoms with van der Waals surface area (Å²) in [4.78, 5) is 0. The van der Waals surface area contributed by atoms with Crippen molar-refractivity contribution in [2.75, 3.05) is 0 Å². The summed E-state index contributed by atoms with van der Waals surface area (Å²) in [6.07, 6.45) is 0. The lowest BCUT2D eigenvalue weighted by Gasteiger charge is -2.18. The summed E-state index contributed by atoms with van der Waals surface area (Å²) in [5.74, 6) is 0.751. The predicted molar refractivity (Wildman–Crippen MR) is 226 cm³/mol. The van der Waals surface area contributed by atoms with Crippen LogP contribution in [0.2, 0.25) is 0 Å². The molecule has 0 saturated carbocycles. The number of hydrogen-bond donors (Lipinski definition) is 0. The van der Waals surface area contributed by atoms with Crippen LogP contribution in [0.4, 0.5) is 0 Å². The molecule has 0 atom stereocenters. The summed E-state index contributed by atoms with van der Waals surface area (Å²) in [5.41, 5.74) is 8.18. The first-order valence-electron chi connectivity index (χ1n) is 22.2. The molecule has 0 unspecified atom stereocenters. The molecular formula is C52H32O2. The van der Waals surface area contributed by atoms with Crippen molar-refractivity contribution >= 4 is 54.5 Å². The maximum absolute atomic E-state index is 9.38. The standard InChI is InChI=1S/C52H32O2/c1-3-13-33(14-4-1)34-25-27-35(28-26-34)48-32-45-38(21-11-23-46(45)53-48)37-29-30-43-49(31-37)54-47-24-12-22-44(52(43)47)51-41-19-9-7-17-39(41)50(36-15-5-2-6-16-36)40-18-8-10-20-42(40)51/h1-32H/i2D,5D,6D,7D,9D,15D,16D,17D,19D. The molecule has 0 fully saturated rings. The molecule has 0 aliphatic carbocycles. The lowest BCUT2D eigenvalue weighted by Crippen LogP contribution is -1.91. The average Bonchev–Trinajstić information content (AvgIpc) is 3.93. The monoisotopic (exact) mass is 697 g/mol. The summed E-state index contributed by atoms with van der Waals surface area (Å²) >= 11 is 0. The molecule has 2 heteroatoms. The summed E-state index contributed by atoms with van der Waals surface area (Å²) in [6.45, 7) is 0. The number of furan rings is 2. The SMILES string of the molecule is [2H]c1c([2H])c([2H])c(-c2c3ccccc3c(-c3cccc4oc5cc(-c6cccc7oc(-c8ccc(-c9ccccc9)cc8)cc67)ccc5c34)c3c([2H])c([2H])c([2H])c([2H])c23)c([2H])c1[2H]. The Balaban J connectivity index is 1.12. The van der Waals surface area contributed by atoms with Gasteiger partial charge in [-0.2, -0.15) is 0 Å². The van der Waals surface area contributed by atoms with Crippen molar-refractivity contribution in [3.8, 4) is 55.8 Å². The van der Waals surface area contributed by atoms with Gasteiger partial charge in [-0.05, 0) is 96.4 Å². The zero-order valence-electron chi connectivity index (χ0n) is 37.6. The van der Waals surface area contributed by atoms with Gasteiger partial charge in [0.2, 0.25) is 0 Å². The van der Waals surface area contributed by atoms with E-state index in [1.807, 2.05) is 78.9 Å². The minimum atomic E-state index is -0.557. The fourth-order valence-corrected chi connectivity index (χ4v) is 7.90. The van der Waals surface area contributed by atoms with Crippen molar-refractivity contribution in [2.45, 2.75) is 0 Å². The van der Waals surface area contributed by atoms with E-state index >= 15 is 0 Å². The molecule has 2 nitrogen and oxygen atoms in total. The van der Waals surface area contributed by atoms with Gasteiger partial charge in [-0.25, -0.2) is 0 Å². The highest BCUT2D eigenvalue weighted by atomic mass is 16.3. The molecule has 0 bridgehead atoms. The second-order valence-corrected chi connectivity index (χ2v) is 13.3. The van der Waals surface area contributed by atoms with E-state index in [1.165, 1.54) is 0 Å². The molecule has 2 heterocycles. The fourth-order valence-electron chi connectivity index (χ4n) is 7.90. The first kappa shape index (κ1) is 22.7. The third-order valence-corrected chi connectivity index (χ3v) is 10.3. The molecular weight excluding hydrogens is 657 g/mol. The average molecular weight is 698 g/mol. The number of fused-ring (bicyclic) bond motifs is 6. The second kappa shape index (κ2) is 12.2. The van der Waals surface area contributed by atoms with Crippen molar-refractivity contribution in [1.82, 2.24) is 0 Å². The highest BCUT2D eigenvalue weighted by molar-refractivity contribution is 6.25. The van der Waals surface area contributed by atoms with Crippen LogP contribution in [-0.4, -0.2) is 0 Å². The van der Waals surface area contributed by atoms with Gasteiger partial charge in [0.15, 0.2) is 0 Å². The van der Waals surface area contributed by atoms with Crippen LogP contribution in [-0.2, 0) is 0 Å². The highest BCUT2D eigenvalue weighted by Crippen LogP contribution is 2.47. The van der Waals surface area contributed by atoms with Crippen molar-refractivity contribution in [3.63, 3.8) is 0 Å². The summed E-state index contributed by atoms with van der Waals surface area (Å²) in [6, 6.07) is 41.2. The molecule has 54 heavy (non-hydrogen) atoms. The lowest BCUT2D eigenvalue weighted by atomic mass is 9.85. The van der Waals surface area contributed by atoms with Gasteiger partial charge in [0.05, 0.1) is 12.3 Å². The van der Waals surface area contributed by atoms with Crippen LogP contribution < -0.4 is 0 Å². The molecule has 0 saturated heterocycles. The van der Waals surface area contributed by atoms with E-state index in [0.717, 1.165) is 55.3 Å². The predicted octanol–water partition coefficient (Wildman–Crippen LogP) is 15.0. The van der Waals surface area contributed by atoms with Gasteiger partial charge < -0.3 is 8.83 Å². The van der Waals surface area contributed by atoms with E-state index in [0.29, 0.717) is 33.1 Å². The quantitative estimate of drug-likeness (QED) is 0.167. The van der Waals surface area contributed by atoms with Gasteiger partial charge in [0, 0.05) is 21.7 Å². The molecule has 11 rings (SSSR count). The van der Waals surface area contributed by atoms with E-state index in [4.69, 9.17) is 18.4 Å². The molecule has 9 aromatic carbocycles. The zero-order valence-corrected chi connectivity index (χ0v) is 28.6. The Labute approximate surface area is 324 Å². The number of benzene rings is 9. The van der Waals surface area contributed by atoms with Crippen LogP contribution in [0.15, 0.2) is 203 Å². The maximum atomic E-state index is 9.38. The molecule has 0 radical (unpaired) electrons. The van der Waals surface area contributed by atoms with Crippen LogP contribution in [0.5, 0.6) is 0 Å². The van der Waals surface area contributed by atoms with Crippen molar-refractivity contribution in [2.24, 2.45) is 0 Å². The van der Waals surface area contributed by atoms with Crippen LogP contribution in [0.25, 0.3) is 110 Å². The maximum Gasteiger partial charge on any atom is 0.136 e. The molecule has 2 aromatic heterocycles. The van der Waals surface area contributed by atoms with Gasteiger partial charge in [0.1, 0.15) is 22.5 Å². The van der Waals surface area contributed by atoms with Crippen molar-refractivity contribution in [3.05, 3.63) is 194 Å². The Morgan fingerprint density at radius 1 is 0.333 bits per heavy atom. The largest absolute Gasteiger partial charge is 0.456 e. The Hall–Kier alpha value is -7.16. The van der Waals surface area contributed by atoms with Crippen LogP contribution in [0, 0.1) is 0 Å². The normalized spacial score (nSPS) is 14.0. The first-order chi connectivity index (χ1) is 30.5. The summed E-state index contributed by atoms with van der Waals surface area (Å²) in [5, 5.41) is 3.73. The Morgan fingerprint density at radius 3 is 1.76 bits per heavy atom. The molecule has 0 N–H and O–H groups in total. The van der Waals surface area contributed by atoms with E-state index in [1.54, 1.807) is 12.1 Å². The van der Waals surface area contributed by atoms with Gasteiger partial charge in [0.25, 0.3) is 0 Å². The molecule has 11 aromatic rings. The second-order valence-electron chi connectivity index (χ2n) is 13.3. The zero-order chi connectivity index (χ0) is 43.4. The molecule has 0 aliphatic heterocycles. The van der Waals surface area contributed by atoms with Gasteiger partial charge in [-0.3, -0.25) is 0 Å². The Morgan fingerprint density at radius 2 is 0.963 bits per heavy atom. The van der Waals surface area contributed by atoms with E-state index < -0.39 is 42.3 Å². The topological polar surface area (TPSA) is 26.3 Å². The fraction of sp³-hybridized carbons (Fsp3) is 0. The minimum absolute atomic E-state index is 0.0556. The molecule has 0 amide bonds. The van der Waals surface area contributed by atoms with E-state index in [-0.39, 0.29) is 34.0 Å². The first-order valence-corrected chi connectivity index (χ1v) is 17.7. The molecule has 252 valence electrons. The van der Waals surface area contributed by atoms with Gasteiger partial charge >= 0.3 is 0 Å².